The van der Waals surface area contributed by atoms with Gasteiger partial charge < -0.3 is 10.3 Å². The molecule has 5 nitrogen and oxygen atoms in total. The molecule has 2 heterocycles. The van der Waals surface area contributed by atoms with E-state index in [-0.39, 0.29) is 0 Å². The summed E-state index contributed by atoms with van der Waals surface area (Å²) in [4.78, 5) is 17.1. The molecule has 0 aliphatic carbocycles. The second-order valence-electron chi connectivity index (χ2n) is 5.80. The number of imidazole rings is 1. The van der Waals surface area contributed by atoms with Crippen LogP contribution in [0.3, 0.4) is 0 Å². The summed E-state index contributed by atoms with van der Waals surface area (Å²) in [7, 11) is 0. The Bertz CT molecular complexity index is 1010. The lowest BCUT2D eigenvalue weighted by molar-refractivity contribution is 0.935. The van der Waals surface area contributed by atoms with Gasteiger partial charge in [-0.05, 0) is 43.3 Å². The van der Waals surface area contributed by atoms with Crippen LogP contribution in [-0.2, 0) is 5.75 Å². The average Bonchev–Trinajstić information content (AvgIpc) is 3.04. The molecule has 2 aromatic heterocycles. The SMILES string of the molecule is Cc1cc(Nc2ccc(Br)cc2)nc(SCc2nc3ccccc3[nH]2)n1. The Morgan fingerprint density at radius 2 is 1.85 bits per heavy atom. The van der Waals surface area contributed by atoms with E-state index in [4.69, 9.17) is 0 Å². The summed E-state index contributed by atoms with van der Waals surface area (Å²) in [6, 6.07) is 18.0. The minimum absolute atomic E-state index is 0.690. The molecule has 2 N–H and O–H groups in total. The van der Waals surface area contributed by atoms with Crippen LogP contribution in [0.15, 0.2) is 64.2 Å². The molecule has 0 bridgehead atoms. The third kappa shape index (κ3) is 4.05. The lowest BCUT2D eigenvalue weighted by atomic mass is 10.3. The molecular weight excluding hydrogens is 410 g/mol. The largest absolute Gasteiger partial charge is 0.341 e. The van der Waals surface area contributed by atoms with Crippen LogP contribution in [0, 0.1) is 6.92 Å². The Morgan fingerprint density at radius 3 is 2.65 bits per heavy atom. The van der Waals surface area contributed by atoms with Crippen molar-refractivity contribution in [1.29, 1.82) is 0 Å². The Morgan fingerprint density at radius 1 is 1.04 bits per heavy atom. The zero-order valence-electron chi connectivity index (χ0n) is 14.0. The van der Waals surface area contributed by atoms with Gasteiger partial charge in [0, 0.05) is 21.9 Å². The fourth-order valence-electron chi connectivity index (χ4n) is 2.56. The van der Waals surface area contributed by atoms with Gasteiger partial charge in [-0.3, -0.25) is 0 Å². The van der Waals surface area contributed by atoms with Gasteiger partial charge in [0.25, 0.3) is 0 Å². The van der Waals surface area contributed by atoms with Gasteiger partial charge in [0.05, 0.1) is 16.8 Å². The molecule has 0 saturated heterocycles. The van der Waals surface area contributed by atoms with Crippen LogP contribution in [0.1, 0.15) is 11.5 Å². The topological polar surface area (TPSA) is 66.5 Å². The maximum atomic E-state index is 4.61. The van der Waals surface area contributed by atoms with Crippen molar-refractivity contribution in [2.45, 2.75) is 17.8 Å². The number of rotatable bonds is 5. The molecule has 0 atom stereocenters. The van der Waals surface area contributed by atoms with Crippen LogP contribution in [0.4, 0.5) is 11.5 Å². The summed E-state index contributed by atoms with van der Waals surface area (Å²) in [6.07, 6.45) is 0. The first-order valence-corrected chi connectivity index (χ1v) is 9.88. The van der Waals surface area contributed by atoms with Crippen LogP contribution in [0.2, 0.25) is 0 Å². The molecule has 0 aliphatic rings. The van der Waals surface area contributed by atoms with E-state index in [1.807, 2.05) is 61.5 Å². The van der Waals surface area contributed by atoms with E-state index in [0.717, 1.165) is 43.7 Å². The first-order valence-electron chi connectivity index (χ1n) is 8.10. The van der Waals surface area contributed by atoms with Crippen molar-refractivity contribution in [2.75, 3.05) is 5.32 Å². The van der Waals surface area contributed by atoms with Crippen molar-refractivity contribution < 1.29 is 0 Å². The Kier molecular flexibility index (Phi) is 4.90. The lowest BCUT2D eigenvalue weighted by Crippen LogP contribution is -1.98. The molecule has 0 unspecified atom stereocenters. The number of halogens is 1. The van der Waals surface area contributed by atoms with Gasteiger partial charge in [-0.25, -0.2) is 15.0 Å². The smallest absolute Gasteiger partial charge is 0.190 e. The first-order chi connectivity index (χ1) is 12.7. The molecule has 2 aromatic carbocycles. The number of aromatic amines is 1. The summed E-state index contributed by atoms with van der Waals surface area (Å²) in [5.41, 5.74) is 3.93. The molecule has 0 aliphatic heterocycles. The van der Waals surface area contributed by atoms with Gasteiger partial charge in [-0.15, -0.1) is 0 Å². The number of nitrogens with one attached hydrogen (secondary N) is 2. The number of aromatic nitrogens is 4. The second-order valence-corrected chi connectivity index (χ2v) is 7.66. The zero-order valence-corrected chi connectivity index (χ0v) is 16.4. The number of hydrogen-bond donors (Lipinski definition) is 2. The molecule has 4 rings (SSSR count). The van der Waals surface area contributed by atoms with Crippen LogP contribution < -0.4 is 5.32 Å². The number of nitrogens with zero attached hydrogens (tertiary/aromatic N) is 3. The van der Waals surface area contributed by atoms with Crippen LogP contribution >= 0.6 is 27.7 Å². The Balaban J connectivity index is 1.49. The predicted octanol–water partition coefficient (Wildman–Crippen LogP) is 5.46. The number of fused-ring (bicyclic) bond motifs is 1. The summed E-state index contributed by atoms with van der Waals surface area (Å²) in [5.74, 6) is 2.39. The Labute approximate surface area is 163 Å². The summed E-state index contributed by atoms with van der Waals surface area (Å²) in [5, 5.41) is 4.05. The monoisotopic (exact) mass is 425 g/mol. The number of aryl methyl sites for hydroxylation is 1. The number of hydrogen-bond acceptors (Lipinski definition) is 5. The summed E-state index contributed by atoms with van der Waals surface area (Å²) >= 11 is 5.01. The fourth-order valence-corrected chi connectivity index (χ4v) is 3.60. The molecule has 26 heavy (non-hydrogen) atoms. The molecule has 0 spiro atoms. The Hall–Kier alpha value is -2.38. The van der Waals surface area contributed by atoms with E-state index in [9.17, 15) is 0 Å². The van der Waals surface area contributed by atoms with Gasteiger partial charge in [-0.1, -0.05) is 39.8 Å². The molecule has 0 amide bonds. The summed E-state index contributed by atoms with van der Waals surface area (Å²) in [6.45, 7) is 1.97. The minimum atomic E-state index is 0.690. The normalized spacial score (nSPS) is 11.0. The fraction of sp³-hybridized carbons (Fsp3) is 0.105. The third-order valence-electron chi connectivity index (χ3n) is 3.73. The van der Waals surface area contributed by atoms with Gasteiger partial charge in [0.15, 0.2) is 5.16 Å². The average molecular weight is 426 g/mol. The standard InChI is InChI=1S/C19H16BrN5S/c1-12-10-17(22-14-8-6-13(20)7-9-14)25-19(21-12)26-11-18-23-15-4-2-3-5-16(15)24-18/h2-10H,11H2,1H3,(H,23,24)(H,21,22,25). The van der Waals surface area contributed by atoms with Crippen molar-refractivity contribution in [3.05, 3.63) is 70.6 Å². The zero-order chi connectivity index (χ0) is 17.9. The third-order valence-corrected chi connectivity index (χ3v) is 5.11. The first kappa shape index (κ1) is 17.1. The van der Waals surface area contributed by atoms with Gasteiger partial charge in [0.1, 0.15) is 11.6 Å². The van der Waals surface area contributed by atoms with E-state index in [0.29, 0.717) is 5.75 Å². The van der Waals surface area contributed by atoms with Crippen molar-refractivity contribution in [2.24, 2.45) is 0 Å². The highest BCUT2D eigenvalue weighted by molar-refractivity contribution is 9.10. The molecule has 130 valence electrons. The van der Waals surface area contributed by atoms with Gasteiger partial charge in [-0.2, -0.15) is 0 Å². The molecular formula is C19H16BrN5S. The minimum Gasteiger partial charge on any atom is -0.341 e. The molecule has 4 aromatic rings. The maximum absolute atomic E-state index is 4.61. The molecule has 0 fully saturated rings. The highest BCUT2D eigenvalue weighted by Crippen LogP contribution is 2.23. The van der Waals surface area contributed by atoms with E-state index in [1.165, 1.54) is 0 Å². The van der Waals surface area contributed by atoms with Crippen LogP contribution in [0.5, 0.6) is 0 Å². The number of thioether (sulfide) groups is 1. The summed E-state index contributed by atoms with van der Waals surface area (Å²) < 4.78 is 1.05. The van der Waals surface area contributed by atoms with E-state index < -0.39 is 0 Å². The van der Waals surface area contributed by atoms with Gasteiger partial charge >= 0.3 is 0 Å². The van der Waals surface area contributed by atoms with Crippen LogP contribution in [0.25, 0.3) is 11.0 Å². The van der Waals surface area contributed by atoms with Crippen molar-refractivity contribution >= 4 is 50.2 Å². The van der Waals surface area contributed by atoms with Gasteiger partial charge in [0.2, 0.25) is 0 Å². The maximum Gasteiger partial charge on any atom is 0.190 e. The van der Waals surface area contributed by atoms with E-state index in [1.54, 1.807) is 11.8 Å². The quantitative estimate of drug-likeness (QED) is 0.328. The second kappa shape index (κ2) is 7.47. The molecule has 7 heteroatoms. The highest BCUT2D eigenvalue weighted by atomic mass is 79.9. The van der Waals surface area contributed by atoms with Crippen LogP contribution in [-0.4, -0.2) is 19.9 Å². The lowest BCUT2D eigenvalue weighted by Gasteiger charge is -2.08. The van der Waals surface area contributed by atoms with E-state index in [2.05, 4.69) is 41.2 Å². The van der Waals surface area contributed by atoms with Crippen molar-refractivity contribution in [1.82, 2.24) is 19.9 Å². The number of benzene rings is 2. The highest BCUT2D eigenvalue weighted by Gasteiger charge is 2.07. The predicted molar refractivity (Wildman–Crippen MR) is 110 cm³/mol. The molecule has 0 radical (unpaired) electrons. The number of H-pyrrole nitrogens is 1. The van der Waals surface area contributed by atoms with Crippen molar-refractivity contribution in [3.63, 3.8) is 0 Å². The van der Waals surface area contributed by atoms with E-state index >= 15 is 0 Å². The number of anilines is 2. The number of para-hydroxylation sites is 2. The molecule has 0 saturated carbocycles. The van der Waals surface area contributed by atoms with Crippen molar-refractivity contribution in [3.8, 4) is 0 Å².